The minimum Gasteiger partial charge on any atom is -0.507 e. The lowest BCUT2D eigenvalue weighted by Crippen LogP contribution is -2.29. The van der Waals surface area contributed by atoms with E-state index in [1.165, 1.54) is 16.2 Å². The van der Waals surface area contributed by atoms with Crippen LogP contribution in [0.2, 0.25) is 0 Å². The van der Waals surface area contributed by atoms with Gasteiger partial charge in [-0.1, -0.05) is 69.2 Å². The number of carbonyl (C=O) groups is 2. The number of Topliss-reactive ketones (excluding diaryl/α,β-unsaturated/α-hetero) is 1. The number of nitrogens with zero attached hydrogens (tertiary/aromatic N) is 2. The molecule has 3 aromatic carbocycles. The van der Waals surface area contributed by atoms with Crippen molar-refractivity contribution in [2.24, 2.45) is 0 Å². The highest BCUT2D eigenvalue weighted by Crippen LogP contribution is 2.45. The lowest BCUT2D eigenvalue weighted by atomic mass is 9.95. The number of ether oxygens (including phenoxy) is 1. The fraction of sp³-hybridized carbons (Fsp3) is 0.115. The van der Waals surface area contributed by atoms with Crippen LogP contribution >= 0.6 is 27.3 Å². The van der Waals surface area contributed by atoms with Gasteiger partial charge in [-0.3, -0.25) is 14.5 Å². The fourth-order valence-electron chi connectivity index (χ4n) is 4.01. The van der Waals surface area contributed by atoms with Crippen molar-refractivity contribution in [1.29, 1.82) is 0 Å². The predicted molar refractivity (Wildman–Crippen MR) is 136 cm³/mol. The van der Waals surface area contributed by atoms with E-state index < -0.39 is 17.7 Å². The van der Waals surface area contributed by atoms with Crippen molar-refractivity contribution >= 4 is 60.1 Å². The first kappa shape index (κ1) is 22.3. The molecule has 1 atom stereocenters. The third kappa shape index (κ3) is 3.78. The zero-order valence-corrected chi connectivity index (χ0v) is 20.7. The van der Waals surface area contributed by atoms with Gasteiger partial charge in [-0.25, -0.2) is 4.98 Å². The first-order valence-electron chi connectivity index (χ1n) is 10.5. The normalized spacial score (nSPS) is 17.5. The van der Waals surface area contributed by atoms with E-state index in [0.29, 0.717) is 27.5 Å². The van der Waals surface area contributed by atoms with Gasteiger partial charge in [-0.15, -0.1) is 0 Å². The predicted octanol–water partition coefficient (Wildman–Crippen LogP) is 6.00. The summed E-state index contributed by atoms with van der Waals surface area (Å²) in [7, 11) is 1.58. The number of aromatic nitrogens is 1. The highest BCUT2D eigenvalue weighted by molar-refractivity contribution is 9.10. The van der Waals surface area contributed by atoms with E-state index in [0.717, 1.165) is 14.7 Å². The molecule has 0 radical (unpaired) electrons. The number of methoxy groups -OCH3 is 1. The highest BCUT2D eigenvalue weighted by atomic mass is 79.9. The van der Waals surface area contributed by atoms with Gasteiger partial charge in [0.05, 0.1) is 28.9 Å². The van der Waals surface area contributed by atoms with Crippen molar-refractivity contribution in [2.45, 2.75) is 13.0 Å². The fourth-order valence-corrected chi connectivity index (χ4v) is 5.45. The Morgan fingerprint density at radius 3 is 2.56 bits per heavy atom. The van der Waals surface area contributed by atoms with Gasteiger partial charge in [0.1, 0.15) is 11.5 Å². The van der Waals surface area contributed by atoms with Crippen molar-refractivity contribution < 1.29 is 19.4 Å². The molecule has 1 aliphatic heterocycles. The second-order valence-electron chi connectivity index (χ2n) is 7.92. The van der Waals surface area contributed by atoms with Crippen LogP contribution in [0.25, 0.3) is 16.0 Å². The summed E-state index contributed by atoms with van der Waals surface area (Å²) in [5.74, 6) is -1.02. The number of ketones is 1. The number of hydrogen-bond donors (Lipinski definition) is 1. The van der Waals surface area contributed by atoms with Crippen LogP contribution in [0.15, 0.2) is 76.8 Å². The molecule has 1 amide bonds. The topological polar surface area (TPSA) is 79.7 Å². The highest BCUT2D eigenvalue weighted by Gasteiger charge is 2.48. The summed E-state index contributed by atoms with van der Waals surface area (Å²) in [5, 5.41) is 11.6. The number of fused-ring (bicyclic) bond motifs is 1. The van der Waals surface area contributed by atoms with Gasteiger partial charge in [-0.2, -0.15) is 0 Å². The SMILES string of the molecule is COc1ccc2nc(N3C(=O)C(=O)/C(=C(/O)c4ccc(C)cc4)C3c3cccc(Br)c3)sc2c1. The minimum absolute atomic E-state index is 0.0313. The molecule has 8 heteroatoms. The van der Waals surface area contributed by atoms with Gasteiger partial charge in [-0.05, 0) is 42.8 Å². The van der Waals surface area contributed by atoms with Gasteiger partial charge in [0.25, 0.3) is 5.78 Å². The molecule has 1 saturated heterocycles. The molecule has 6 nitrogen and oxygen atoms in total. The lowest BCUT2D eigenvalue weighted by Gasteiger charge is -2.23. The standard InChI is InChI=1S/C26H19BrN2O4S/c1-14-6-8-15(9-7-14)23(30)21-22(16-4-3-5-17(27)12-16)29(25(32)24(21)31)26-28-19-11-10-18(33-2)13-20(19)34-26/h3-13,22,30H,1-2H3/b23-21+. The Kier molecular flexibility index (Phi) is 5.71. The number of anilines is 1. The number of benzene rings is 3. The van der Waals surface area contributed by atoms with Gasteiger partial charge in [0, 0.05) is 10.0 Å². The van der Waals surface area contributed by atoms with Crippen molar-refractivity contribution in [3.8, 4) is 5.75 Å². The smallest absolute Gasteiger partial charge is 0.301 e. The molecule has 0 saturated carbocycles. The first-order valence-corrected chi connectivity index (χ1v) is 12.1. The van der Waals surface area contributed by atoms with E-state index in [9.17, 15) is 14.7 Å². The Bertz CT molecular complexity index is 1480. The van der Waals surface area contributed by atoms with Crippen LogP contribution in [0.5, 0.6) is 5.75 Å². The average molecular weight is 535 g/mol. The zero-order valence-electron chi connectivity index (χ0n) is 18.3. The van der Waals surface area contributed by atoms with E-state index in [4.69, 9.17) is 4.74 Å². The van der Waals surface area contributed by atoms with Crippen molar-refractivity contribution in [1.82, 2.24) is 4.98 Å². The quantitative estimate of drug-likeness (QED) is 0.197. The summed E-state index contributed by atoms with van der Waals surface area (Å²) in [6.45, 7) is 1.94. The van der Waals surface area contributed by atoms with Crippen LogP contribution in [0.1, 0.15) is 22.7 Å². The number of carbonyl (C=O) groups excluding carboxylic acids is 2. The Labute approximate surface area is 208 Å². The average Bonchev–Trinajstić information content (AvgIpc) is 3.36. The summed E-state index contributed by atoms with van der Waals surface area (Å²) in [6, 6.07) is 19.1. The molecule has 1 fully saturated rings. The molecule has 1 aliphatic rings. The second kappa shape index (κ2) is 8.70. The zero-order chi connectivity index (χ0) is 24.0. The molecule has 5 rings (SSSR count). The number of aryl methyl sites for hydroxylation is 1. The third-order valence-electron chi connectivity index (χ3n) is 5.72. The maximum absolute atomic E-state index is 13.3. The Balaban J connectivity index is 1.72. The van der Waals surface area contributed by atoms with Crippen LogP contribution in [0.3, 0.4) is 0 Å². The summed E-state index contributed by atoms with van der Waals surface area (Å²) in [4.78, 5) is 32.6. The molecule has 0 bridgehead atoms. The van der Waals surface area contributed by atoms with Crippen LogP contribution in [-0.4, -0.2) is 28.9 Å². The number of hydrogen-bond acceptors (Lipinski definition) is 6. The van der Waals surface area contributed by atoms with Gasteiger partial charge in [0.15, 0.2) is 5.13 Å². The molecule has 0 aliphatic carbocycles. The van der Waals surface area contributed by atoms with Crippen LogP contribution in [-0.2, 0) is 9.59 Å². The molecule has 4 aromatic rings. The molecular formula is C26H19BrN2O4S. The van der Waals surface area contributed by atoms with E-state index in [-0.39, 0.29) is 11.3 Å². The van der Waals surface area contributed by atoms with E-state index in [1.54, 1.807) is 25.3 Å². The van der Waals surface area contributed by atoms with E-state index >= 15 is 0 Å². The molecular weight excluding hydrogens is 516 g/mol. The molecule has 0 spiro atoms. The van der Waals surface area contributed by atoms with Gasteiger partial charge >= 0.3 is 5.91 Å². The van der Waals surface area contributed by atoms with Crippen molar-refractivity contribution in [3.63, 3.8) is 0 Å². The number of thiazole rings is 1. The molecule has 170 valence electrons. The monoisotopic (exact) mass is 534 g/mol. The summed E-state index contributed by atoms with van der Waals surface area (Å²) >= 11 is 4.77. The largest absolute Gasteiger partial charge is 0.507 e. The molecule has 1 N–H and O–H groups in total. The minimum atomic E-state index is -0.832. The lowest BCUT2D eigenvalue weighted by molar-refractivity contribution is -0.132. The van der Waals surface area contributed by atoms with Crippen molar-refractivity contribution in [2.75, 3.05) is 12.0 Å². The third-order valence-corrected chi connectivity index (χ3v) is 7.23. The second-order valence-corrected chi connectivity index (χ2v) is 9.84. The number of amides is 1. The van der Waals surface area contributed by atoms with Crippen LogP contribution in [0.4, 0.5) is 5.13 Å². The van der Waals surface area contributed by atoms with Crippen LogP contribution < -0.4 is 9.64 Å². The molecule has 1 unspecified atom stereocenters. The summed E-state index contributed by atoms with van der Waals surface area (Å²) in [6.07, 6.45) is 0. The number of halogens is 1. The Hall–Kier alpha value is -3.49. The van der Waals surface area contributed by atoms with Crippen LogP contribution in [0, 0.1) is 6.92 Å². The maximum atomic E-state index is 13.3. The molecule has 2 heterocycles. The number of aliphatic hydroxyl groups is 1. The first-order chi connectivity index (χ1) is 16.4. The summed E-state index contributed by atoms with van der Waals surface area (Å²) in [5.41, 5.74) is 2.89. The summed E-state index contributed by atoms with van der Waals surface area (Å²) < 4.78 is 6.92. The molecule has 34 heavy (non-hydrogen) atoms. The van der Waals surface area contributed by atoms with Crippen molar-refractivity contribution in [3.05, 3.63) is 93.5 Å². The Morgan fingerprint density at radius 2 is 1.85 bits per heavy atom. The number of aliphatic hydroxyl groups excluding tert-OH is 1. The Morgan fingerprint density at radius 1 is 1.09 bits per heavy atom. The number of rotatable bonds is 4. The van der Waals surface area contributed by atoms with E-state index in [1.807, 2.05) is 55.5 Å². The maximum Gasteiger partial charge on any atom is 0.301 e. The van der Waals surface area contributed by atoms with Gasteiger partial charge < -0.3 is 9.84 Å². The van der Waals surface area contributed by atoms with Gasteiger partial charge in [0.2, 0.25) is 0 Å². The molecule has 1 aromatic heterocycles. The van der Waals surface area contributed by atoms with E-state index in [2.05, 4.69) is 20.9 Å².